The van der Waals surface area contributed by atoms with Crippen molar-refractivity contribution in [2.45, 2.75) is 6.42 Å². The van der Waals surface area contributed by atoms with E-state index >= 15 is 0 Å². The zero-order valence-electron chi connectivity index (χ0n) is 17.3. The number of nitrogen functional groups attached to an aromatic ring is 1. The Hall–Kier alpha value is -4.67. The average molecular weight is 441 g/mol. The molecule has 10 nitrogen and oxygen atoms in total. The molecule has 162 valence electrons. The van der Waals surface area contributed by atoms with E-state index in [9.17, 15) is 4.39 Å². The van der Waals surface area contributed by atoms with Gasteiger partial charge in [0, 0.05) is 13.2 Å². The molecule has 5 heterocycles. The molecule has 0 aliphatic heterocycles. The van der Waals surface area contributed by atoms with E-state index in [1.54, 1.807) is 6.33 Å². The van der Waals surface area contributed by atoms with Gasteiger partial charge in [0.15, 0.2) is 11.5 Å². The fourth-order valence-electron chi connectivity index (χ4n) is 3.82. The molecule has 5 aromatic heterocycles. The first kappa shape index (κ1) is 19.0. The van der Waals surface area contributed by atoms with Crippen molar-refractivity contribution in [3.05, 3.63) is 72.7 Å². The van der Waals surface area contributed by atoms with Crippen molar-refractivity contribution in [1.29, 1.82) is 0 Å². The molecule has 2 N–H and O–H groups in total. The number of halogens is 1. The molecule has 0 aliphatic rings. The van der Waals surface area contributed by atoms with Crippen molar-refractivity contribution in [2.75, 3.05) is 5.73 Å². The zero-order chi connectivity index (χ0) is 22.5. The molecular formula is C22H16FN9O. The highest BCUT2D eigenvalue weighted by Gasteiger charge is 2.23. The van der Waals surface area contributed by atoms with Gasteiger partial charge in [-0.25, -0.2) is 24.3 Å². The minimum Gasteiger partial charge on any atom is -0.443 e. The number of oxazole rings is 1. The number of aryl methyl sites for hydroxylation is 1. The van der Waals surface area contributed by atoms with Gasteiger partial charge in [0.1, 0.15) is 17.8 Å². The first-order valence-corrected chi connectivity index (χ1v) is 10.0. The van der Waals surface area contributed by atoms with Crippen LogP contribution in [-0.4, -0.2) is 39.1 Å². The number of anilines is 1. The topological polar surface area (TPSA) is 126 Å². The summed E-state index contributed by atoms with van der Waals surface area (Å²) < 4.78 is 23.1. The number of aromatic nitrogens is 8. The monoisotopic (exact) mass is 441 g/mol. The van der Waals surface area contributed by atoms with Crippen LogP contribution >= 0.6 is 0 Å². The maximum absolute atomic E-state index is 14.2. The molecular weight excluding hydrogens is 425 g/mol. The number of hydrogen-bond donors (Lipinski definition) is 1. The molecule has 0 aliphatic carbocycles. The predicted octanol–water partition coefficient (Wildman–Crippen LogP) is 3.04. The van der Waals surface area contributed by atoms with Gasteiger partial charge in [-0.15, -0.1) is 5.10 Å². The molecule has 6 aromatic rings. The van der Waals surface area contributed by atoms with Gasteiger partial charge in [-0.3, -0.25) is 4.98 Å². The van der Waals surface area contributed by atoms with Crippen molar-refractivity contribution >= 4 is 22.6 Å². The van der Waals surface area contributed by atoms with Gasteiger partial charge in [0.2, 0.25) is 11.8 Å². The van der Waals surface area contributed by atoms with E-state index in [4.69, 9.17) is 10.2 Å². The van der Waals surface area contributed by atoms with Crippen LogP contribution in [0.2, 0.25) is 0 Å². The van der Waals surface area contributed by atoms with Crippen LogP contribution in [-0.2, 0) is 13.5 Å². The van der Waals surface area contributed by atoms with Crippen molar-refractivity contribution in [2.24, 2.45) is 7.05 Å². The Labute approximate surface area is 185 Å². The van der Waals surface area contributed by atoms with E-state index in [1.807, 2.05) is 29.8 Å². The van der Waals surface area contributed by atoms with Gasteiger partial charge in [-0.05, 0) is 29.8 Å². The molecule has 0 amide bonds. The molecule has 1 aromatic carbocycles. The maximum Gasteiger partial charge on any atom is 0.245 e. The van der Waals surface area contributed by atoms with E-state index < -0.39 is 5.82 Å². The molecule has 11 heteroatoms. The lowest BCUT2D eigenvalue weighted by Gasteiger charge is -2.10. The van der Waals surface area contributed by atoms with Gasteiger partial charge < -0.3 is 14.7 Å². The van der Waals surface area contributed by atoms with Crippen LogP contribution in [0.25, 0.3) is 39.4 Å². The smallest absolute Gasteiger partial charge is 0.245 e. The Bertz CT molecular complexity index is 1640. The van der Waals surface area contributed by atoms with Gasteiger partial charge in [0.05, 0.1) is 41.2 Å². The largest absolute Gasteiger partial charge is 0.443 e. The van der Waals surface area contributed by atoms with Gasteiger partial charge in [0.25, 0.3) is 0 Å². The van der Waals surface area contributed by atoms with E-state index in [0.29, 0.717) is 28.6 Å². The summed E-state index contributed by atoms with van der Waals surface area (Å²) in [4.78, 5) is 21.9. The van der Waals surface area contributed by atoms with E-state index in [-0.39, 0.29) is 18.1 Å². The number of imidazole rings is 1. The van der Waals surface area contributed by atoms with Crippen molar-refractivity contribution in [3.8, 4) is 22.7 Å². The Balaban J connectivity index is 1.61. The highest BCUT2D eigenvalue weighted by molar-refractivity contribution is 5.92. The van der Waals surface area contributed by atoms with Gasteiger partial charge in [-0.2, -0.15) is 4.52 Å². The van der Waals surface area contributed by atoms with Crippen LogP contribution in [0.4, 0.5) is 10.3 Å². The van der Waals surface area contributed by atoms with Crippen molar-refractivity contribution in [3.63, 3.8) is 0 Å². The Kier molecular flexibility index (Phi) is 4.15. The van der Waals surface area contributed by atoms with Crippen molar-refractivity contribution in [1.82, 2.24) is 39.1 Å². The standard InChI is InChI=1S/C22H16FN9O/c1-31-11-27-14-5-4-12(9-16(14)31)18-19(21-26-7-8-33-21)29-22(24)32-20(18)28-17(30-32)10-15-13(23)3-2-6-25-15/h2-9,11H,10H2,1H3,(H2,24,29). The Morgan fingerprint density at radius 3 is 2.82 bits per heavy atom. The van der Waals surface area contributed by atoms with Crippen LogP contribution in [0.15, 0.2) is 59.7 Å². The molecule has 0 radical (unpaired) electrons. The summed E-state index contributed by atoms with van der Waals surface area (Å²) in [5.74, 6) is 0.326. The van der Waals surface area contributed by atoms with Crippen LogP contribution in [0.5, 0.6) is 0 Å². The first-order chi connectivity index (χ1) is 16.1. The fourth-order valence-corrected chi connectivity index (χ4v) is 3.82. The molecule has 0 spiro atoms. The maximum atomic E-state index is 14.2. The number of nitrogens with zero attached hydrogens (tertiary/aromatic N) is 8. The van der Waals surface area contributed by atoms with Gasteiger partial charge in [-0.1, -0.05) is 6.07 Å². The Morgan fingerprint density at radius 2 is 2.00 bits per heavy atom. The minimum absolute atomic E-state index is 0.0995. The first-order valence-electron chi connectivity index (χ1n) is 10.0. The lowest BCUT2D eigenvalue weighted by Crippen LogP contribution is -2.06. The lowest BCUT2D eigenvalue weighted by molar-refractivity contribution is 0.572. The average Bonchev–Trinajstić information content (AvgIpc) is 3.56. The second-order valence-electron chi connectivity index (χ2n) is 7.46. The molecule has 0 saturated heterocycles. The fraction of sp³-hybridized carbons (Fsp3) is 0.0909. The third-order valence-electron chi connectivity index (χ3n) is 5.36. The third-order valence-corrected chi connectivity index (χ3v) is 5.36. The minimum atomic E-state index is -0.426. The molecule has 6 rings (SSSR count). The third kappa shape index (κ3) is 3.09. The summed E-state index contributed by atoms with van der Waals surface area (Å²) in [5, 5.41) is 4.47. The SMILES string of the molecule is Cn1cnc2ccc(-c3c(-c4ncco4)nc(N)n4nc(Cc5ncccc5F)nc34)cc21. The molecule has 0 fully saturated rings. The van der Waals surface area contributed by atoms with Gasteiger partial charge >= 0.3 is 0 Å². The van der Waals surface area contributed by atoms with E-state index in [1.165, 1.54) is 35.3 Å². The molecule has 33 heavy (non-hydrogen) atoms. The summed E-state index contributed by atoms with van der Waals surface area (Å²) in [6.07, 6.45) is 6.37. The number of nitrogens with two attached hydrogens (primary N) is 1. The summed E-state index contributed by atoms with van der Waals surface area (Å²) >= 11 is 0. The lowest BCUT2D eigenvalue weighted by atomic mass is 10.0. The summed E-state index contributed by atoms with van der Waals surface area (Å²) in [6.45, 7) is 0. The summed E-state index contributed by atoms with van der Waals surface area (Å²) in [5.41, 5.74) is 10.6. The molecule has 0 saturated carbocycles. The Morgan fingerprint density at radius 1 is 1.09 bits per heavy atom. The quantitative estimate of drug-likeness (QED) is 0.442. The van der Waals surface area contributed by atoms with Crippen LogP contribution in [0.1, 0.15) is 11.5 Å². The number of pyridine rings is 1. The molecule has 0 bridgehead atoms. The van der Waals surface area contributed by atoms with Crippen molar-refractivity contribution < 1.29 is 8.81 Å². The second kappa shape index (κ2) is 7.19. The predicted molar refractivity (Wildman–Crippen MR) is 117 cm³/mol. The molecule has 0 unspecified atom stereocenters. The van der Waals surface area contributed by atoms with E-state index in [0.717, 1.165) is 16.6 Å². The number of hydrogen-bond acceptors (Lipinski definition) is 8. The highest BCUT2D eigenvalue weighted by Crippen LogP contribution is 2.35. The van der Waals surface area contributed by atoms with E-state index in [2.05, 4.69) is 30.0 Å². The van der Waals surface area contributed by atoms with Crippen LogP contribution in [0.3, 0.4) is 0 Å². The number of benzene rings is 1. The van der Waals surface area contributed by atoms with Crippen LogP contribution in [0, 0.1) is 5.82 Å². The normalized spacial score (nSPS) is 11.6. The van der Waals surface area contributed by atoms with Crippen LogP contribution < -0.4 is 5.73 Å². The summed E-state index contributed by atoms with van der Waals surface area (Å²) in [7, 11) is 1.92. The number of fused-ring (bicyclic) bond motifs is 2. The second-order valence-corrected chi connectivity index (χ2v) is 7.46. The summed E-state index contributed by atoms with van der Waals surface area (Å²) in [6, 6.07) is 8.70. The highest BCUT2D eigenvalue weighted by atomic mass is 19.1. The number of rotatable bonds is 4. The molecule has 0 atom stereocenters. The zero-order valence-corrected chi connectivity index (χ0v) is 17.3.